The first kappa shape index (κ1) is 20.3. The van der Waals surface area contributed by atoms with Gasteiger partial charge in [0.1, 0.15) is 5.82 Å². The summed E-state index contributed by atoms with van der Waals surface area (Å²) in [6.45, 7) is 0.958. The molecule has 1 heterocycles. The van der Waals surface area contributed by atoms with Crippen molar-refractivity contribution in [2.45, 2.75) is 6.18 Å². The molecular formula is C19H15BrF4N2O2. The van der Waals surface area contributed by atoms with E-state index in [1.54, 1.807) is 0 Å². The van der Waals surface area contributed by atoms with Gasteiger partial charge in [-0.3, -0.25) is 9.59 Å². The largest absolute Gasteiger partial charge is 0.416 e. The number of carbonyl (C=O) groups excluding carboxylic acids is 2. The highest BCUT2D eigenvalue weighted by molar-refractivity contribution is 9.10. The molecule has 1 aliphatic rings. The Bertz CT molecular complexity index is 892. The van der Waals surface area contributed by atoms with Crippen LogP contribution in [0.2, 0.25) is 0 Å². The number of carbonyl (C=O) groups is 2. The number of rotatable bonds is 2. The van der Waals surface area contributed by atoms with Gasteiger partial charge in [-0.05, 0) is 58.4 Å². The fourth-order valence-corrected chi connectivity index (χ4v) is 3.34. The number of alkyl halides is 3. The van der Waals surface area contributed by atoms with Gasteiger partial charge in [0.25, 0.3) is 11.8 Å². The predicted octanol–water partition coefficient (Wildman–Crippen LogP) is 4.21. The number of piperazine rings is 1. The monoisotopic (exact) mass is 458 g/mol. The van der Waals surface area contributed by atoms with Crippen molar-refractivity contribution in [2.24, 2.45) is 0 Å². The average molecular weight is 459 g/mol. The molecule has 0 unspecified atom stereocenters. The van der Waals surface area contributed by atoms with Crippen molar-refractivity contribution in [2.75, 3.05) is 26.2 Å². The lowest BCUT2D eigenvalue weighted by Crippen LogP contribution is -2.50. The molecule has 0 atom stereocenters. The summed E-state index contributed by atoms with van der Waals surface area (Å²) in [5, 5.41) is 0. The average Bonchev–Trinajstić information content (AvgIpc) is 2.68. The van der Waals surface area contributed by atoms with Gasteiger partial charge < -0.3 is 9.80 Å². The molecule has 0 aliphatic carbocycles. The van der Waals surface area contributed by atoms with Gasteiger partial charge in [-0.25, -0.2) is 4.39 Å². The molecule has 0 radical (unpaired) electrons. The van der Waals surface area contributed by atoms with Crippen LogP contribution in [0.4, 0.5) is 17.6 Å². The van der Waals surface area contributed by atoms with Gasteiger partial charge in [0.2, 0.25) is 0 Å². The van der Waals surface area contributed by atoms with Crippen LogP contribution >= 0.6 is 15.9 Å². The molecule has 9 heteroatoms. The first-order chi connectivity index (χ1) is 13.2. The van der Waals surface area contributed by atoms with Crippen molar-refractivity contribution in [3.8, 4) is 0 Å². The van der Waals surface area contributed by atoms with Crippen molar-refractivity contribution >= 4 is 27.7 Å². The van der Waals surface area contributed by atoms with Gasteiger partial charge in [0.05, 0.1) is 11.1 Å². The molecule has 2 aromatic rings. The van der Waals surface area contributed by atoms with Crippen molar-refractivity contribution in [1.82, 2.24) is 9.80 Å². The molecule has 2 amide bonds. The van der Waals surface area contributed by atoms with Crippen molar-refractivity contribution in [1.29, 1.82) is 0 Å². The summed E-state index contributed by atoms with van der Waals surface area (Å²) in [6, 6.07) is 7.86. The van der Waals surface area contributed by atoms with Crippen LogP contribution < -0.4 is 0 Å². The zero-order chi connectivity index (χ0) is 20.5. The Morgan fingerprint density at radius 2 is 1.39 bits per heavy atom. The molecule has 28 heavy (non-hydrogen) atoms. The van der Waals surface area contributed by atoms with E-state index in [9.17, 15) is 27.2 Å². The van der Waals surface area contributed by atoms with E-state index in [-0.39, 0.29) is 43.2 Å². The summed E-state index contributed by atoms with van der Waals surface area (Å²) in [4.78, 5) is 28.0. The third-order valence-corrected chi connectivity index (χ3v) is 5.16. The number of benzene rings is 2. The molecular weight excluding hydrogens is 444 g/mol. The van der Waals surface area contributed by atoms with Gasteiger partial charge in [-0.15, -0.1) is 0 Å². The van der Waals surface area contributed by atoms with E-state index < -0.39 is 23.5 Å². The van der Waals surface area contributed by atoms with Crippen LogP contribution in [0.25, 0.3) is 0 Å². The minimum atomic E-state index is -4.46. The summed E-state index contributed by atoms with van der Waals surface area (Å²) in [6.07, 6.45) is -4.46. The summed E-state index contributed by atoms with van der Waals surface area (Å²) in [5.41, 5.74) is -0.469. The highest BCUT2D eigenvalue weighted by Gasteiger charge is 2.31. The Morgan fingerprint density at radius 3 is 1.93 bits per heavy atom. The van der Waals surface area contributed by atoms with E-state index in [2.05, 4.69) is 15.9 Å². The molecule has 0 N–H and O–H groups in total. The zero-order valence-electron chi connectivity index (χ0n) is 14.5. The summed E-state index contributed by atoms with van der Waals surface area (Å²) in [5.74, 6) is -1.27. The van der Waals surface area contributed by atoms with Crippen LogP contribution in [0.15, 0.2) is 46.9 Å². The Kier molecular flexibility index (Phi) is 5.74. The maximum atomic E-state index is 13.4. The molecule has 1 saturated heterocycles. The fourth-order valence-electron chi connectivity index (χ4n) is 2.93. The van der Waals surface area contributed by atoms with Gasteiger partial charge in [0, 0.05) is 36.2 Å². The van der Waals surface area contributed by atoms with E-state index in [0.29, 0.717) is 4.47 Å². The standard InChI is InChI=1S/C19H15BrF4N2O2/c20-16-6-5-14(21)11-15(16)18(28)26-9-7-25(8-10-26)17(27)12-1-3-13(4-2-12)19(22,23)24/h1-6,11H,7-10H2. The maximum absolute atomic E-state index is 13.4. The Balaban J connectivity index is 1.64. The normalized spacial score (nSPS) is 14.9. The highest BCUT2D eigenvalue weighted by Crippen LogP contribution is 2.29. The zero-order valence-corrected chi connectivity index (χ0v) is 16.1. The second-order valence-electron chi connectivity index (χ2n) is 6.28. The van der Waals surface area contributed by atoms with E-state index in [0.717, 1.165) is 30.3 Å². The molecule has 0 aromatic heterocycles. The minimum Gasteiger partial charge on any atom is -0.335 e. The third kappa shape index (κ3) is 4.35. The van der Waals surface area contributed by atoms with Gasteiger partial charge in [-0.1, -0.05) is 0 Å². The molecule has 0 saturated carbocycles. The summed E-state index contributed by atoms with van der Waals surface area (Å²) in [7, 11) is 0. The molecule has 1 aliphatic heterocycles. The van der Waals surface area contributed by atoms with Gasteiger partial charge in [-0.2, -0.15) is 13.2 Å². The first-order valence-corrected chi connectivity index (χ1v) is 9.17. The lowest BCUT2D eigenvalue weighted by atomic mass is 10.1. The number of hydrogen-bond donors (Lipinski definition) is 0. The van der Waals surface area contributed by atoms with Crippen LogP contribution in [0.5, 0.6) is 0 Å². The Labute approximate surface area is 166 Å². The Morgan fingerprint density at radius 1 is 0.857 bits per heavy atom. The SMILES string of the molecule is O=C(c1ccc(C(F)(F)F)cc1)N1CCN(C(=O)c2cc(F)ccc2Br)CC1. The second kappa shape index (κ2) is 7.90. The number of halogens is 5. The molecule has 1 fully saturated rings. The highest BCUT2D eigenvalue weighted by atomic mass is 79.9. The van der Waals surface area contributed by atoms with Crippen molar-refractivity contribution < 1.29 is 27.2 Å². The van der Waals surface area contributed by atoms with Crippen LogP contribution in [0.3, 0.4) is 0 Å². The van der Waals surface area contributed by atoms with Crippen LogP contribution in [-0.2, 0) is 6.18 Å². The van der Waals surface area contributed by atoms with E-state index >= 15 is 0 Å². The number of hydrogen-bond acceptors (Lipinski definition) is 2. The lowest BCUT2D eigenvalue weighted by Gasteiger charge is -2.35. The quantitative estimate of drug-likeness (QED) is 0.632. The summed E-state index contributed by atoms with van der Waals surface area (Å²) >= 11 is 3.22. The predicted molar refractivity (Wildman–Crippen MR) is 97.4 cm³/mol. The molecule has 2 aromatic carbocycles. The molecule has 148 valence electrons. The second-order valence-corrected chi connectivity index (χ2v) is 7.14. The van der Waals surface area contributed by atoms with E-state index in [1.165, 1.54) is 21.9 Å². The van der Waals surface area contributed by atoms with Gasteiger partial charge in [0.15, 0.2) is 0 Å². The fraction of sp³-hybridized carbons (Fsp3) is 0.263. The lowest BCUT2D eigenvalue weighted by molar-refractivity contribution is -0.137. The minimum absolute atomic E-state index is 0.153. The van der Waals surface area contributed by atoms with E-state index in [1.807, 2.05) is 0 Å². The number of amides is 2. The van der Waals surface area contributed by atoms with Crippen molar-refractivity contribution in [3.05, 3.63) is 69.4 Å². The topological polar surface area (TPSA) is 40.6 Å². The summed E-state index contributed by atoms with van der Waals surface area (Å²) < 4.78 is 51.8. The van der Waals surface area contributed by atoms with Crippen LogP contribution in [0.1, 0.15) is 26.3 Å². The number of nitrogens with zero attached hydrogens (tertiary/aromatic N) is 2. The van der Waals surface area contributed by atoms with Crippen LogP contribution in [-0.4, -0.2) is 47.8 Å². The smallest absolute Gasteiger partial charge is 0.335 e. The maximum Gasteiger partial charge on any atom is 0.416 e. The first-order valence-electron chi connectivity index (χ1n) is 8.37. The molecule has 3 rings (SSSR count). The Hall–Kier alpha value is -2.42. The molecule has 0 bridgehead atoms. The third-order valence-electron chi connectivity index (χ3n) is 4.47. The van der Waals surface area contributed by atoms with Crippen LogP contribution in [0, 0.1) is 5.82 Å². The molecule has 4 nitrogen and oxygen atoms in total. The van der Waals surface area contributed by atoms with Gasteiger partial charge >= 0.3 is 6.18 Å². The van der Waals surface area contributed by atoms with Crippen molar-refractivity contribution in [3.63, 3.8) is 0 Å². The molecule has 0 spiro atoms. The van der Waals surface area contributed by atoms with E-state index in [4.69, 9.17) is 0 Å².